The van der Waals surface area contributed by atoms with Gasteiger partial charge in [0.15, 0.2) is 0 Å². The second kappa shape index (κ2) is 8.86. The number of hydrogen-bond donors (Lipinski definition) is 2. The molecule has 0 bridgehead atoms. The molecule has 2 N–H and O–H groups in total. The van der Waals surface area contributed by atoms with E-state index in [0.29, 0.717) is 34.2 Å². The predicted molar refractivity (Wildman–Crippen MR) is 115 cm³/mol. The van der Waals surface area contributed by atoms with Crippen molar-refractivity contribution in [2.24, 2.45) is 0 Å². The molecule has 2 heterocycles. The molecule has 1 amide bonds. The van der Waals surface area contributed by atoms with E-state index >= 15 is 0 Å². The molecular weight excluding hydrogens is 396 g/mol. The number of likely N-dealkylation sites (N-methyl/N-ethyl adjacent to an activating group) is 1. The van der Waals surface area contributed by atoms with Gasteiger partial charge in [0.2, 0.25) is 5.91 Å². The number of nitrogens with zero attached hydrogens (tertiary/aromatic N) is 2. The number of thiophene rings is 1. The predicted octanol–water partition coefficient (Wildman–Crippen LogP) is 3.65. The fraction of sp³-hybridized carbons (Fsp3) is 0.350. The van der Waals surface area contributed by atoms with Crippen LogP contribution in [0.4, 0.5) is 0 Å². The van der Waals surface area contributed by atoms with Crippen LogP contribution < -0.4 is 10.9 Å². The van der Waals surface area contributed by atoms with Gasteiger partial charge >= 0.3 is 0 Å². The summed E-state index contributed by atoms with van der Waals surface area (Å²) in [5.41, 5.74) is 1.50. The van der Waals surface area contributed by atoms with Crippen LogP contribution in [0.1, 0.15) is 26.6 Å². The van der Waals surface area contributed by atoms with E-state index in [9.17, 15) is 9.59 Å². The number of H-pyrrole nitrogens is 1. The number of benzene rings is 1. The molecular formula is C20H23ClN4O2S. The first-order chi connectivity index (χ1) is 13.4. The number of fused-ring (bicyclic) bond motifs is 1. The summed E-state index contributed by atoms with van der Waals surface area (Å²) in [6.45, 7) is 7.16. The molecule has 0 saturated heterocycles. The lowest BCUT2D eigenvalue weighted by atomic mass is 10.2. The van der Waals surface area contributed by atoms with Crippen LogP contribution in [0.15, 0.2) is 35.1 Å². The van der Waals surface area contributed by atoms with Gasteiger partial charge in [0.25, 0.3) is 5.56 Å². The van der Waals surface area contributed by atoms with Gasteiger partial charge in [-0.1, -0.05) is 30.7 Å². The van der Waals surface area contributed by atoms with Crippen LogP contribution >= 0.6 is 22.9 Å². The molecule has 3 rings (SSSR count). The maximum absolute atomic E-state index is 12.5. The number of carbonyl (C=O) groups excluding carboxylic acids is 1. The van der Waals surface area contributed by atoms with Crippen LogP contribution in [0, 0.1) is 0 Å². The topological polar surface area (TPSA) is 78.1 Å². The molecule has 2 aromatic heterocycles. The van der Waals surface area contributed by atoms with Gasteiger partial charge in [0, 0.05) is 15.9 Å². The molecule has 8 heteroatoms. The Morgan fingerprint density at radius 3 is 2.68 bits per heavy atom. The van der Waals surface area contributed by atoms with Crippen LogP contribution in [0.25, 0.3) is 20.7 Å². The zero-order chi connectivity index (χ0) is 20.3. The van der Waals surface area contributed by atoms with Gasteiger partial charge in [-0.3, -0.25) is 14.5 Å². The quantitative estimate of drug-likeness (QED) is 0.613. The molecule has 0 aliphatic rings. The second-order valence-corrected chi connectivity index (χ2v) is 8.36. The summed E-state index contributed by atoms with van der Waals surface area (Å²) in [7, 11) is 0. The van der Waals surface area contributed by atoms with Crippen molar-refractivity contribution in [1.29, 1.82) is 0 Å². The summed E-state index contributed by atoms with van der Waals surface area (Å²) in [4.78, 5) is 34.9. The van der Waals surface area contributed by atoms with Gasteiger partial charge in [0.1, 0.15) is 10.5 Å². The van der Waals surface area contributed by atoms with Crippen molar-refractivity contribution < 1.29 is 4.79 Å². The molecule has 28 heavy (non-hydrogen) atoms. The molecule has 0 spiro atoms. The van der Waals surface area contributed by atoms with Crippen molar-refractivity contribution in [2.75, 3.05) is 13.1 Å². The molecule has 0 fully saturated rings. The highest BCUT2D eigenvalue weighted by Gasteiger charge is 2.14. The number of hydrogen-bond acceptors (Lipinski definition) is 5. The van der Waals surface area contributed by atoms with E-state index in [1.54, 1.807) is 0 Å². The summed E-state index contributed by atoms with van der Waals surface area (Å²) in [6.07, 6.45) is 0. The highest BCUT2D eigenvalue weighted by molar-refractivity contribution is 7.22. The van der Waals surface area contributed by atoms with Gasteiger partial charge in [0.05, 0.1) is 18.6 Å². The fourth-order valence-corrected chi connectivity index (χ4v) is 4.00. The summed E-state index contributed by atoms with van der Waals surface area (Å²) in [5, 5.41) is 3.55. The van der Waals surface area contributed by atoms with E-state index in [1.807, 2.05) is 56.0 Å². The zero-order valence-electron chi connectivity index (χ0n) is 16.1. The molecule has 0 atom stereocenters. The minimum Gasteiger partial charge on any atom is -0.353 e. The number of halogens is 1. The monoisotopic (exact) mass is 418 g/mol. The molecule has 1 aromatic carbocycles. The Morgan fingerprint density at radius 1 is 1.32 bits per heavy atom. The van der Waals surface area contributed by atoms with Crippen molar-refractivity contribution >= 4 is 39.1 Å². The molecule has 3 aromatic rings. The third-order valence-electron chi connectivity index (χ3n) is 4.20. The molecule has 6 nitrogen and oxygen atoms in total. The second-order valence-electron chi connectivity index (χ2n) is 6.87. The maximum Gasteiger partial charge on any atom is 0.268 e. The molecule has 0 aliphatic carbocycles. The summed E-state index contributed by atoms with van der Waals surface area (Å²) in [6, 6.07) is 9.52. The largest absolute Gasteiger partial charge is 0.353 e. The van der Waals surface area contributed by atoms with Crippen LogP contribution in [0.3, 0.4) is 0 Å². The van der Waals surface area contributed by atoms with Gasteiger partial charge < -0.3 is 10.3 Å². The number of amides is 1. The van der Waals surface area contributed by atoms with Crippen LogP contribution in [-0.2, 0) is 11.3 Å². The number of nitrogens with one attached hydrogen (secondary N) is 2. The molecule has 148 valence electrons. The Morgan fingerprint density at radius 2 is 2.04 bits per heavy atom. The van der Waals surface area contributed by atoms with Crippen LogP contribution in [-0.4, -0.2) is 39.9 Å². The number of aromatic amines is 1. The number of rotatable bonds is 7. The van der Waals surface area contributed by atoms with Gasteiger partial charge in [-0.05, 0) is 44.2 Å². The Kier molecular flexibility index (Phi) is 6.49. The summed E-state index contributed by atoms with van der Waals surface area (Å²) >= 11 is 7.36. The highest BCUT2D eigenvalue weighted by atomic mass is 35.5. The van der Waals surface area contributed by atoms with E-state index < -0.39 is 0 Å². The van der Waals surface area contributed by atoms with Crippen LogP contribution in [0.5, 0.6) is 0 Å². The minimum atomic E-state index is -0.159. The van der Waals surface area contributed by atoms with Crippen molar-refractivity contribution in [2.45, 2.75) is 33.4 Å². The first-order valence-corrected chi connectivity index (χ1v) is 10.4. The lowest BCUT2D eigenvalue weighted by Crippen LogP contribution is -2.40. The first kappa shape index (κ1) is 20.5. The van der Waals surface area contributed by atoms with Crippen molar-refractivity contribution in [3.8, 4) is 10.4 Å². The Bertz CT molecular complexity index is 1030. The molecule has 0 saturated carbocycles. The average molecular weight is 419 g/mol. The Labute approximate surface area is 172 Å². The third-order valence-corrected chi connectivity index (χ3v) is 5.62. The Balaban J connectivity index is 1.83. The standard InChI is InChI=1S/C20H23ClN4O2S/c1-4-25(11-18(26)22-12(2)3)10-17-23-15-9-16(28-19(15)20(27)24-17)13-5-7-14(21)8-6-13/h5-9,12H,4,10-11H2,1-3H3,(H,22,26)(H,23,24,27). The molecule has 0 radical (unpaired) electrons. The van der Waals surface area contributed by atoms with E-state index in [0.717, 1.165) is 10.4 Å². The van der Waals surface area contributed by atoms with Crippen molar-refractivity contribution in [3.05, 3.63) is 51.5 Å². The maximum atomic E-state index is 12.5. The molecule has 0 aliphatic heterocycles. The van der Waals surface area contributed by atoms with E-state index in [1.165, 1.54) is 11.3 Å². The lowest BCUT2D eigenvalue weighted by Gasteiger charge is -2.20. The number of aromatic nitrogens is 2. The normalized spacial score (nSPS) is 11.5. The first-order valence-electron chi connectivity index (χ1n) is 9.16. The van der Waals surface area contributed by atoms with Crippen molar-refractivity contribution in [3.63, 3.8) is 0 Å². The van der Waals surface area contributed by atoms with E-state index in [-0.39, 0.29) is 24.1 Å². The number of carbonyl (C=O) groups is 1. The van der Waals surface area contributed by atoms with Gasteiger partial charge in [-0.2, -0.15) is 0 Å². The van der Waals surface area contributed by atoms with Crippen molar-refractivity contribution in [1.82, 2.24) is 20.2 Å². The Hall–Kier alpha value is -2.22. The smallest absolute Gasteiger partial charge is 0.268 e. The SMILES string of the molecule is CCN(CC(=O)NC(C)C)Cc1nc2cc(-c3ccc(Cl)cc3)sc2c(=O)[nH]1. The third kappa shape index (κ3) is 4.98. The molecule has 0 unspecified atom stereocenters. The zero-order valence-corrected chi connectivity index (χ0v) is 17.7. The van der Waals surface area contributed by atoms with Gasteiger partial charge in [-0.25, -0.2) is 4.98 Å². The average Bonchev–Trinajstić information content (AvgIpc) is 3.05. The lowest BCUT2D eigenvalue weighted by molar-refractivity contribution is -0.122. The minimum absolute atomic E-state index is 0.0409. The van der Waals surface area contributed by atoms with Crippen LogP contribution in [0.2, 0.25) is 5.02 Å². The summed E-state index contributed by atoms with van der Waals surface area (Å²) in [5.74, 6) is 0.512. The van der Waals surface area contributed by atoms with Gasteiger partial charge in [-0.15, -0.1) is 11.3 Å². The fourth-order valence-electron chi connectivity index (χ4n) is 2.88. The highest BCUT2D eigenvalue weighted by Crippen LogP contribution is 2.31. The summed E-state index contributed by atoms with van der Waals surface area (Å²) < 4.78 is 0.592. The van der Waals surface area contributed by atoms with E-state index in [4.69, 9.17) is 11.6 Å². The van der Waals surface area contributed by atoms with E-state index in [2.05, 4.69) is 15.3 Å².